The number of piperidine rings is 1. The fourth-order valence-electron chi connectivity index (χ4n) is 5.57. The van der Waals surface area contributed by atoms with E-state index in [2.05, 4.69) is 21.8 Å². The predicted molar refractivity (Wildman–Crippen MR) is 130 cm³/mol. The molecule has 4 heterocycles. The van der Waals surface area contributed by atoms with Crippen molar-refractivity contribution in [3.05, 3.63) is 35.8 Å². The van der Waals surface area contributed by atoms with Crippen LogP contribution in [0.3, 0.4) is 0 Å². The van der Waals surface area contributed by atoms with Gasteiger partial charge in [0.05, 0.1) is 5.69 Å². The van der Waals surface area contributed by atoms with Crippen LogP contribution >= 0.6 is 0 Å². The highest BCUT2D eigenvalue weighted by Crippen LogP contribution is 2.47. The van der Waals surface area contributed by atoms with Gasteiger partial charge in [-0.15, -0.1) is 0 Å². The van der Waals surface area contributed by atoms with Gasteiger partial charge in [-0.25, -0.2) is 9.97 Å². The molecule has 0 radical (unpaired) electrons. The van der Waals surface area contributed by atoms with Gasteiger partial charge in [0.25, 0.3) is 6.47 Å². The molecule has 2 saturated heterocycles. The van der Waals surface area contributed by atoms with Crippen LogP contribution in [0.4, 0.5) is 5.82 Å². The Balaban J connectivity index is 0.000000868. The highest BCUT2D eigenvalue weighted by molar-refractivity contribution is 5.73. The molecule has 182 valence electrons. The van der Waals surface area contributed by atoms with E-state index in [1.807, 2.05) is 23.2 Å². The summed E-state index contributed by atoms with van der Waals surface area (Å²) in [6, 6.07) is 3.99. The first-order valence-corrected chi connectivity index (χ1v) is 12.1. The monoisotopic (exact) mass is 466 g/mol. The van der Waals surface area contributed by atoms with E-state index < -0.39 is 0 Å². The molecular weight excluding hydrogens is 432 g/mol. The van der Waals surface area contributed by atoms with E-state index in [4.69, 9.17) is 19.9 Å². The summed E-state index contributed by atoms with van der Waals surface area (Å²) in [5.41, 5.74) is 3.40. The third-order valence-electron chi connectivity index (χ3n) is 7.30. The van der Waals surface area contributed by atoms with Gasteiger partial charge in [0, 0.05) is 68.6 Å². The van der Waals surface area contributed by atoms with Crippen molar-refractivity contribution in [1.82, 2.24) is 24.8 Å². The van der Waals surface area contributed by atoms with E-state index in [1.165, 1.54) is 11.3 Å². The van der Waals surface area contributed by atoms with E-state index in [0.29, 0.717) is 0 Å². The van der Waals surface area contributed by atoms with Crippen LogP contribution in [0, 0.1) is 0 Å². The second-order valence-corrected chi connectivity index (χ2v) is 9.51. The Morgan fingerprint density at radius 1 is 1.12 bits per heavy atom. The van der Waals surface area contributed by atoms with Gasteiger partial charge in [-0.1, -0.05) is 0 Å². The zero-order valence-electron chi connectivity index (χ0n) is 20.1. The van der Waals surface area contributed by atoms with Crippen LogP contribution in [-0.4, -0.2) is 88.6 Å². The summed E-state index contributed by atoms with van der Waals surface area (Å²) in [6.07, 6.45) is 8.96. The van der Waals surface area contributed by atoms with Gasteiger partial charge in [0.1, 0.15) is 5.82 Å². The molecule has 9 heteroatoms. The van der Waals surface area contributed by atoms with Gasteiger partial charge >= 0.3 is 0 Å². The van der Waals surface area contributed by atoms with Crippen molar-refractivity contribution in [2.24, 2.45) is 0 Å². The van der Waals surface area contributed by atoms with Crippen molar-refractivity contribution < 1.29 is 14.7 Å². The van der Waals surface area contributed by atoms with Crippen molar-refractivity contribution in [1.29, 1.82) is 0 Å². The van der Waals surface area contributed by atoms with Crippen LogP contribution in [-0.2, 0) is 21.4 Å². The molecule has 1 atom stereocenters. The highest BCUT2D eigenvalue weighted by atomic mass is 16.3. The van der Waals surface area contributed by atoms with Crippen molar-refractivity contribution in [3.8, 4) is 11.4 Å². The number of aromatic nitrogens is 3. The second kappa shape index (κ2) is 10.5. The molecule has 2 aromatic rings. The fraction of sp³-hybridized carbons (Fsp3) is 0.560. The van der Waals surface area contributed by atoms with Gasteiger partial charge in [-0.05, 0) is 57.8 Å². The lowest BCUT2D eigenvalue weighted by molar-refractivity contribution is -0.131. The standard InChI is InChI=1S/C24H32N6O.CH2O2/c1-18(31)30-12-4-8-24(17-30)9-7-20-21(24)26-22(19-6-3-10-25-16-19)27-23(20)29-13-5-11-28(2)14-15-29;2-1-3/h3,6,10,16H,4-5,7-9,11-15,17H2,1-2H3;1H,(H,2,3). The van der Waals surface area contributed by atoms with E-state index >= 15 is 0 Å². The maximum Gasteiger partial charge on any atom is 0.290 e. The number of hydrogen-bond donors (Lipinski definition) is 1. The number of pyridine rings is 1. The summed E-state index contributed by atoms with van der Waals surface area (Å²) in [5, 5.41) is 6.89. The topological polar surface area (TPSA) is 103 Å². The summed E-state index contributed by atoms with van der Waals surface area (Å²) in [6.45, 7) is 7.25. The zero-order valence-corrected chi connectivity index (χ0v) is 20.1. The third kappa shape index (κ3) is 4.89. The number of nitrogens with zero attached hydrogens (tertiary/aromatic N) is 6. The molecule has 3 aliphatic rings. The molecule has 2 fully saturated rings. The van der Waals surface area contributed by atoms with Crippen LogP contribution in [0.25, 0.3) is 11.4 Å². The molecule has 0 saturated carbocycles. The summed E-state index contributed by atoms with van der Waals surface area (Å²) < 4.78 is 0. The third-order valence-corrected chi connectivity index (χ3v) is 7.30. The molecule has 0 bridgehead atoms. The molecule has 1 N–H and O–H groups in total. The molecular formula is C25H34N6O3. The van der Waals surface area contributed by atoms with Crippen LogP contribution in [0.5, 0.6) is 0 Å². The largest absolute Gasteiger partial charge is 0.483 e. The number of hydrogen-bond acceptors (Lipinski definition) is 7. The minimum Gasteiger partial charge on any atom is -0.483 e. The number of rotatable bonds is 2. The number of fused-ring (bicyclic) bond motifs is 2. The minimum atomic E-state index is -0.250. The Morgan fingerprint density at radius 2 is 1.94 bits per heavy atom. The first-order valence-electron chi connectivity index (χ1n) is 12.1. The number of carbonyl (C=O) groups excluding carboxylic acids is 1. The molecule has 1 amide bonds. The van der Waals surface area contributed by atoms with E-state index in [1.54, 1.807) is 13.1 Å². The molecule has 1 spiro atoms. The van der Waals surface area contributed by atoms with Crippen LogP contribution in [0.2, 0.25) is 0 Å². The summed E-state index contributed by atoms with van der Waals surface area (Å²) in [7, 11) is 2.20. The fourth-order valence-corrected chi connectivity index (χ4v) is 5.57. The highest BCUT2D eigenvalue weighted by Gasteiger charge is 2.46. The lowest BCUT2D eigenvalue weighted by Crippen LogP contribution is -2.47. The average Bonchev–Trinajstić information content (AvgIpc) is 3.03. The molecule has 1 unspecified atom stereocenters. The van der Waals surface area contributed by atoms with E-state index in [9.17, 15) is 4.79 Å². The summed E-state index contributed by atoms with van der Waals surface area (Å²) in [5.74, 6) is 2.04. The maximum absolute atomic E-state index is 12.2. The Kier molecular flexibility index (Phi) is 7.41. The quantitative estimate of drug-likeness (QED) is 0.672. The Morgan fingerprint density at radius 3 is 2.68 bits per heavy atom. The molecule has 2 aromatic heterocycles. The smallest absolute Gasteiger partial charge is 0.290 e. The normalized spacial score (nSPS) is 22.5. The van der Waals surface area contributed by atoms with Gasteiger partial charge in [-0.2, -0.15) is 0 Å². The molecule has 9 nitrogen and oxygen atoms in total. The van der Waals surface area contributed by atoms with Crippen LogP contribution in [0.1, 0.15) is 43.9 Å². The van der Waals surface area contributed by atoms with E-state index in [-0.39, 0.29) is 17.8 Å². The number of carbonyl (C=O) groups is 2. The number of likely N-dealkylation sites (tertiary alicyclic amines) is 1. The lowest BCUT2D eigenvalue weighted by Gasteiger charge is -2.40. The van der Waals surface area contributed by atoms with Gasteiger partial charge in [0.2, 0.25) is 5.91 Å². The van der Waals surface area contributed by atoms with Crippen molar-refractivity contribution in [2.75, 3.05) is 51.2 Å². The van der Waals surface area contributed by atoms with Gasteiger partial charge in [-0.3, -0.25) is 14.6 Å². The maximum atomic E-state index is 12.2. The summed E-state index contributed by atoms with van der Waals surface area (Å²) >= 11 is 0. The molecule has 34 heavy (non-hydrogen) atoms. The number of likely N-dealkylation sites (N-methyl/N-ethyl adjacent to an activating group) is 1. The van der Waals surface area contributed by atoms with Crippen molar-refractivity contribution >= 4 is 18.2 Å². The Hall–Kier alpha value is -3.07. The number of anilines is 1. The van der Waals surface area contributed by atoms with E-state index in [0.717, 1.165) is 88.6 Å². The average molecular weight is 467 g/mol. The number of amides is 1. The molecule has 5 rings (SSSR count). The Labute approximate surface area is 200 Å². The predicted octanol–water partition coefficient (Wildman–Crippen LogP) is 2.21. The zero-order chi connectivity index (χ0) is 24.1. The van der Waals surface area contributed by atoms with Gasteiger partial charge in [0.15, 0.2) is 5.82 Å². The minimum absolute atomic E-state index is 0.0451. The van der Waals surface area contributed by atoms with Crippen LogP contribution < -0.4 is 4.90 Å². The molecule has 0 aromatic carbocycles. The Bertz CT molecular complexity index is 1020. The van der Waals surface area contributed by atoms with Gasteiger partial charge < -0.3 is 19.8 Å². The second-order valence-electron chi connectivity index (χ2n) is 9.51. The van der Waals surface area contributed by atoms with Crippen molar-refractivity contribution in [3.63, 3.8) is 0 Å². The first kappa shape index (κ1) is 24.1. The van der Waals surface area contributed by atoms with Crippen molar-refractivity contribution in [2.45, 2.75) is 44.4 Å². The first-order chi connectivity index (χ1) is 16.5. The summed E-state index contributed by atoms with van der Waals surface area (Å²) in [4.78, 5) is 42.0. The molecule has 1 aliphatic carbocycles. The molecule has 2 aliphatic heterocycles. The lowest BCUT2D eigenvalue weighted by atomic mass is 9.77. The SMILES string of the molecule is CC(=O)N1CCCC2(CCc3c(N4CCCN(C)CC4)nc(-c4cccnc4)nc32)C1.O=CO. The van der Waals surface area contributed by atoms with Crippen LogP contribution in [0.15, 0.2) is 24.5 Å². The number of carboxylic acid groups (broad SMARTS) is 1.